The maximum Gasteiger partial charge on any atom is 0.261 e. The Bertz CT molecular complexity index is 790. The average Bonchev–Trinajstić information content (AvgIpc) is 2.72. The Kier molecular flexibility index (Phi) is 8.71. The lowest BCUT2D eigenvalue weighted by molar-refractivity contribution is -0.143. The van der Waals surface area contributed by atoms with Crippen molar-refractivity contribution >= 4 is 11.8 Å². The quantitative estimate of drug-likeness (QED) is 0.661. The molecule has 0 aliphatic heterocycles. The Morgan fingerprint density at radius 1 is 1.03 bits per heavy atom. The molecule has 0 fully saturated rings. The molecule has 29 heavy (non-hydrogen) atoms. The molecule has 5 heteroatoms. The van der Waals surface area contributed by atoms with Crippen LogP contribution in [0.2, 0.25) is 0 Å². The number of hydrogen-bond donors (Lipinski definition) is 1. The smallest absolute Gasteiger partial charge is 0.261 e. The van der Waals surface area contributed by atoms with E-state index in [1.807, 2.05) is 82.3 Å². The minimum Gasteiger partial charge on any atom is -0.484 e. The molecule has 0 spiro atoms. The van der Waals surface area contributed by atoms with Crippen LogP contribution in [0.1, 0.15) is 38.3 Å². The van der Waals surface area contributed by atoms with Crippen LogP contribution in [0.3, 0.4) is 0 Å². The number of carbonyl (C=O) groups excluding carboxylic acids is 2. The molecule has 2 aromatic carbocycles. The summed E-state index contributed by atoms with van der Waals surface area (Å²) in [6.45, 7) is 8.80. The summed E-state index contributed by atoms with van der Waals surface area (Å²) in [7, 11) is 0. The summed E-state index contributed by atoms with van der Waals surface area (Å²) in [6, 6.07) is 16.8. The van der Waals surface area contributed by atoms with Crippen molar-refractivity contribution in [1.82, 2.24) is 10.2 Å². The Morgan fingerprint density at radius 2 is 1.69 bits per heavy atom. The van der Waals surface area contributed by atoms with Crippen LogP contribution in [0.4, 0.5) is 0 Å². The highest BCUT2D eigenvalue weighted by molar-refractivity contribution is 5.88. The van der Waals surface area contributed by atoms with Crippen LogP contribution in [0.5, 0.6) is 5.75 Å². The van der Waals surface area contributed by atoms with Crippen LogP contribution in [-0.2, 0) is 16.1 Å². The summed E-state index contributed by atoms with van der Waals surface area (Å²) in [5.74, 6) is 0.696. The van der Waals surface area contributed by atoms with Crippen LogP contribution in [0, 0.1) is 12.8 Å². The van der Waals surface area contributed by atoms with Gasteiger partial charge < -0.3 is 15.0 Å². The molecule has 0 bridgehead atoms. The van der Waals surface area contributed by atoms with Gasteiger partial charge in [-0.2, -0.15) is 0 Å². The number of nitrogens with zero attached hydrogens (tertiary/aromatic N) is 1. The van der Waals surface area contributed by atoms with Crippen molar-refractivity contribution in [3.05, 3.63) is 65.7 Å². The number of rotatable bonds is 10. The molecular weight excluding hydrogens is 364 g/mol. The number of aryl methyl sites for hydroxylation is 1. The van der Waals surface area contributed by atoms with Crippen molar-refractivity contribution in [2.45, 2.75) is 46.7 Å². The first kappa shape index (κ1) is 22.5. The lowest BCUT2D eigenvalue weighted by atomic mass is 10.1. The zero-order valence-electron chi connectivity index (χ0n) is 17.9. The maximum absolute atomic E-state index is 13.1. The van der Waals surface area contributed by atoms with Gasteiger partial charge in [0.2, 0.25) is 5.91 Å². The Morgan fingerprint density at radius 3 is 2.31 bits per heavy atom. The van der Waals surface area contributed by atoms with Crippen LogP contribution < -0.4 is 10.1 Å². The van der Waals surface area contributed by atoms with Gasteiger partial charge in [-0.3, -0.25) is 9.59 Å². The summed E-state index contributed by atoms with van der Waals surface area (Å²) in [6.07, 6.45) is 0.535. The van der Waals surface area contributed by atoms with Gasteiger partial charge in [0.1, 0.15) is 11.8 Å². The Hall–Kier alpha value is -2.82. The van der Waals surface area contributed by atoms with Crippen molar-refractivity contribution < 1.29 is 14.3 Å². The van der Waals surface area contributed by atoms with E-state index in [-0.39, 0.29) is 18.4 Å². The second-order valence-corrected chi connectivity index (χ2v) is 7.62. The van der Waals surface area contributed by atoms with Crippen molar-refractivity contribution in [3.63, 3.8) is 0 Å². The third-order valence-electron chi connectivity index (χ3n) is 4.71. The highest BCUT2D eigenvalue weighted by Crippen LogP contribution is 2.17. The zero-order chi connectivity index (χ0) is 21.2. The molecule has 156 valence electrons. The number of nitrogens with one attached hydrogen (secondary N) is 1. The van der Waals surface area contributed by atoms with E-state index in [1.165, 1.54) is 0 Å². The van der Waals surface area contributed by atoms with Crippen LogP contribution >= 0.6 is 0 Å². The van der Waals surface area contributed by atoms with Gasteiger partial charge in [0.25, 0.3) is 5.91 Å². The number of ether oxygens (including phenoxy) is 1. The van der Waals surface area contributed by atoms with Crippen LogP contribution in [-0.4, -0.2) is 35.9 Å². The van der Waals surface area contributed by atoms with Gasteiger partial charge in [-0.05, 0) is 36.5 Å². The first-order valence-electron chi connectivity index (χ1n) is 10.2. The number of carbonyl (C=O) groups is 2. The van der Waals surface area contributed by atoms with Crippen molar-refractivity contribution in [1.29, 1.82) is 0 Å². The van der Waals surface area contributed by atoms with Crippen molar-refractivity contribution in [2.24, 2.45) is 5.92 Å². The molecule has 1 atom stereocenters. The molecule has 0 aromatic heterocycles. The fourth-order valence-electron chi connectivity index (χ4n) is 3.06. The highest BCUT2D eigenvalue weighted by Gasteiger charge is 2.29. The molecule has 0 unspecified atom stereocenters. The molecule has 1 N–H and O–H groups in total. The number of para-hydroxylation sites is 1. The van der Waals surface area contributed by atoms with E-state index in [0.717, 1.165) is 11.1 Å². The topological polar surface area (TPSA) is 58.6 Å². The molecule has 0 radical (unpaired) electrons. The SMILES string of the molecule is CC[C@@H](C(=O)NCC(C)C)N(Cc1ccccc1)C(=O)COc1ccccc1C. The molecule has 0 saturated carbocycles. The summed E-state index contributed by atoms with van der Waals surface area (Å²) in [5, 5.41) is 2.96. The summed E-state index contributed by atoms with van der Waals surface area (Å²) in [5.41, 5.74) is 1.95. The van der Waals surface area contributed by atoms with Crippen molar-refractivity contribution in [3.8, 4) is 5.75 Å². The first-order chi connectivity index (χ1) is 13.9. The van der Waals surface area contributed by atoms with E-state index in [0.29, 0.717) is 31.2 Å². The molecule has 2 amide bonds. The minimum atomic E-state index is -0.540. The molecule has 0 saturated heterocycles. The third-order valence-corrected chi connectivity index (χ3v) is 4.71. The monoisotopic (exact) mass is 396 g/mol. The van der Waals surface area contributed by atoms with Gasteiger partial charge in [0.15, 0.2) is 6.61 Å². The van der Waals surface area contributed by atoms with Crippen LogP contribution in [0.15, 0.2) is 54.6 Å². The van der Waals surface area contributed by atoms with E-state index in [1.54, 1.807) is 4.90 Å². The predicted molar refractivity (Wildman–Crippen MR) is 116 cm³/mol. The van der Waals surface area contributed by atoms with Gasteiger partial charge in [-0.1, -0.05) is 69.3 Å². The second-order valence-electron chi connectivity index (χ2n) is 7.62. The van der Waals surface area contributed by atoms with Gasteiger partial charge >= 0.3 is 0 Å². The zero-order valence-corrected chi connectivity index (χ0v) is 17.9. The van der Waals surface area contributed by atoms with Gasteiger partial charge in [-0.15, -0.1) is 0 Å². The van der Waals surface area contributed by atoms with Gasteiger partial charge in [-0.25, -0.2) is 0 Å². The number of amides is 2. The standard InChI is InChI=1S/C24H32N2O3/c1-5-21(24(28)25-15-18(2)3)26(16-20-12-7-6-8-13-20)23(27)17-29-22-14-10-9-11-19(22)4/h6-14,18,21H,5,15-17H2,1-4H3,(H,25,28)/t21-/m0/s1. The van der Waals surface area contributed by atoms with E-state index in [2.05, 4.69) is 5.32 Å². The van der Waals surface area contributed by atoms with E-state index < -0.39 is 6.04 Å². The fourth-order valence-corrected chi connectivity index (χ4v) is 3.06. The Labute approximate surface area is 174 Å². The lowest BCUT2D eigenvalue weighted by Gasteiger charge is -2.31. The molecule has 2 rings (SSSR count). The molecular formula is C24H32N2O3. The number of hydrogen-bond acceptors (Lipinski definition) is 3. The Balaban J connectivity index is 2.17. The van der Waals surface area contributed by atoms with E-state index in [9.17, 15) is 9.59 Å². The molecule has 0 heterocycles. The van der Waals surface area contributed by atoms with E-state index >= 15 is 0 Å². The second kappa shape index (κ2) is 11.2. The maximum atomic E-state index is 13.1. The summed E-state index contributed by atoms with van der Waals surface area (Å²) < 4.78 is 5.77. The van der Waals surface area contributed by atoms with Gasteiger partial charge in [0, 0.05) is 13.1 Å². The molecule has 0 aliphatic carbocycles. The van der Waals surface area contributed by atoms with Crippen molar-refractivity contribution in [2.75, 3.05) is 13.2 Å². The van der Waals surface area contributed by atoms with Crippen LogP contribution in [0.25, 0.3) is 0 Å². The largest absolute Gasteiger partial charge is 0.484 e. The van der Waals surface area contributed by atoms with Gasteiger partial charge in [0.05, 0.1) is 0 Å². The van der Waals surface area contributed by atoms with E-state index in [4.69, 9.17) is 4.74 Å². The molecule has 0 aliphatic rings. The highest BCUT2D eigenvalue weighted by atomic mass is 16.5. The first-order valence-corrected chi connectivity index (χ1v) is 10.2. The minimum absolute atomic E-state index is 0.106. The summed E-state index contributed by atoms with van der Waals surface area (Å²) in [4.78, 5) is 27.5. The third kappa shape index (κ3) is 6.93. The predicted octanol–water partition coefficient (Wildman–Crippen LogP) is 3.95. The molecule has 5 nitrogen and oxygen atoms in total. The molecule has 2 aromatic rings. The summed E-state index contributed by atoms with van der Waals surface area (Å²) >= 11 is 0. The normalized spacial score (nSPS) is 11.8. The lowest BCUT2D eigenvalue weighted by Crippen LogP contribution is -2.50. The number of benzene rings is 2. The average molecular weight is 397 g/mol. The fraction of sp³-hybridized carbons (Fsp3) is 0.417.